The lowest BCUT2D eigenvalue weighted by atomic mass is 9.98. The van der Waals surface area contributed by atoms with Gasteiger partial charge in [-0.3, -0.25) is 0 Å². The average molecular weight is 824 g/mol. The highest BCUT2D eigenvalue weighted by Crippen LogP contribution is 2.38. The first-order chi connectivity index (χ1) is 28.3. The van der Waals surface area contributed by atoms with E-state index in [4.69, 9.17) is 32.8 Å². The highest BCUT2D eigenvalue weighted by atomic mass is 32.2. The van der Waals surface area contributed by atoms with Gasteiger partial charge in [0.15, 0.2) is 23.7 Å². The number of carbonyl (C=O) groups excluding carboxylic acids is 5. The minimum Gasteiger partial charge on any atom is -0.459 e. The van der Waals surface area contributed by atoms with Crippen LogP contribution in [0, 0.1) is 0 Å². The van der Waals surface area contributed by atoms with Gasteiger partial charge in [-0.2, -0.15) is 0 Å². The molecule has 0 saturated carbocycles. The summed E-state index contributed by atoms with van der Waals surface area (Å²) in [6.07, 6.45) is -6.68. The molecule has 1 amide bonds. The number of nitrogens with zero attached hydrogens (tertiary/aromatic N) is 2. The number of hydrogen-bond donors (Lipinski definition) is 1. The zero-order chi connectivity index (χ0) is 41.9. The molecule has 5 aromatic rings. The number of ether oxygens (including phenoxy) is 6. The van der Waals surface area contributed by atoms with Crippen molar-refractivity contribution in [3.63, 3.8) is 0 Å². The van der Waals surface area contributed by atoms with E-state index in [1.165, 1.54) is 36.4 Å². The number of carbonyl (C=O) groups is 5. The second-order valence-electron chi connectivity index (χ2n) is 14.1. The van der Waals surface area contributed by atoms with Crippen LogP contribution in [0.15, 0.2) is 131 Å². The highest BCUT2D eigenvalue weighted by Gasteiger charge is 2.54. The third-order valence-corrected chi connectivity index (χ3v) is 9.46. The van der Waals surface area contributed by atoms with Crippen LogP contribution in [0.25, 0.3) is 0 Å². The smallest absolute Gasteiger partial charge is 0.408 e. The van der Waals surface area contributed by atoms with Crippen LogP contribution in [0.3, 0.4) is 0 Å². The van der Waals surface area contributed by atoms with Gasteiger partial charge in [-0.1, -0.05) is 72.8 Å². The van der Waals surface area contributed by atoms with Gasteiger partial charge in [-0.05, 0) is 88.0 Å². The van der Waals surface area contributed by atoms with Gasteiger partial charge in [0.2, 0.25) is 5.89 Å². The van der Waals surface area contributed by atoms with Gasteiger partial charge in [-0.25, -0.2) is 24.0 Å². The first kappa shape index (κ1) is 42.1. The summed E-state index contributed by atoms with van der Waals surface area (Å²) in [7, 11) is 0. The fourth-order valence-corrected chi connectivity index (χ4v) is 6.67. The van der Waals surface area contributed by atoms with Crippen LogP contribution < -0.4 is 5.32 Å². The number of thioether (sulfide) groups is 1. The largest absolute Gasteiger partial charge is 0.459 e. The molecule has 2 heterocycles. The quantitative estimate of drug-likeness (QED) is 0.0942. The Labute approximate surface area is 343 Å². The van der Waals surface area contributed by atoms with Crippen molar-refractivity contribution in [3.8, 4) is 0 Å². The molecule has 0 spiro atoms. The van der Waals surface area contributed by atoms with Crippen molar-refractivity contribution in [1.29, 1.82) is 0 Å². The molecule has 16 heteroatoms. The van der Waals surface area contributed by atoms with E-state index in [0.717, 1.165) is 11.8 Å². The van der Waals surface area contributed by atoms with Gasteiger partial charge in [-0.15, -0.1) is 10.2 Å². The number of esters is 4. The SMILES string of the molecule is C[C@H](NC(=O)OC(C)(C)C)c1nnc(S[C@@H]2O[C@H](COC(=O)c3ccccc3)[C@@H](OC(=O)c3ccccc3)[C@H](OC(=O)c3ccccc3)[C@H]2OC(=O)c2ccccc2)o1. The Morgan fingerprint density at radius 1 is 0.644 bits per heavy atom. The number of hydrogen-bond acceptors (Lipinski definition) is 15. The predicted octanol–water partition coefficient (Wildman–Crippen LogP) is 7.01. The standard InChI is InChI=1S/C43H41N3O12S/c1-26(44-41(51)58-43(2,3)4)35-45-46-42(57-35)59-40-34(56-39(50)30-23-15-8-16-24-30)33(55-38(49)29-21-13-7-14-22-29)32(54-37(48)28-19-11-6-12-20-28)31(53-40)25-52-36(47)27-17-9-5-10-18-27/h5-24,26,31-34,40H,25H2,1-4H3,(H,44,51)/t26-,31+,32+,33-,34+,40-/m0/s1. The topological polar surface area (TPSA) is 192 Å². The molecule has 0 bridgehead atoms. The monoisotopic (exact) mass is 823 g/mol. The molecule has 59 heavy (non-hydrogen) atoms. The maximum Gasteiger partial charge on any atom is 0.408 e. The Balaban J connectivity index is 1.39. The number of nitrogens with one attached hydrogen (secondary N) is 1. The molecule has 1 N–H and O–H groups in total. The highest BCUT2D eigenvalue weighted by molar-refractivity contribution is 7.99. The summed E-state index contributed by atoms with van der Waals surface area (Å²) in [5.74, 6) is -3.21. The third kappa shape index (κ3) is 11.5. The number of alkyl carbamates (subject to hydrolysis) is 1. The predicted molar refractivity (Wildman–Crippen MR) is 210 cm³/mol. The van der Waals surface area contributed by atoms with Crippen molar-refractivity contribution in [2.75, 3.05) is 6.61 Å². The maximum atomic E-state index is 13.9. The van der Waals surface area contributed by atoms with Gasteiger partial charge in [0, 0.05) is 0 Å². The van der Waals surface area contributed by atoms with E-state index in [-0.39, 0.29) is 33.4 Å². The Kier molecular flexibility index (Phi) is 13.8. The van der Waals surface area contributed by atoms with E-state index in [1.807, 2.05) is 0 Å². The number of rotatable bonds is 13. The van der Waals surface area contributed by atoms with Gasteiger partial charge in [0.25, 0.3) is 5.22 Å². The average Bonchev–Trinajstić information content (AvgIpc) is 3.71. The van der Waals surface area contributed by atoms with Gasteiger partial charge in [0.05, 0.1) is 22.3 Å². The molecular weight excluding hydrogens is 783 g/mol. The molecule has 6 rings (SSSR count). The Hall–Kier alpha value is -6.52. The van der Waals surface area contributed by atoms with E-state index in [9.17, 15) is 24.0 Å². The molecule has 1 aromatic heterocycles. The van der Waals surface area contributed by atoms with Crippen LogP contribution in [0.4, 0.5) is 4.79 Å². The minimum atomic E-state index is -1.58. The molecule has 1 saturated heterocycles. The summed E-state index contributed by atoms with van der Waals surface area (Å²) in [4.78, 5) is 67.1. The molecular formula is C43H41N3O12S. The molecule has 0 unspecified atom stereocenters. The summed E-state index contributed by atoms with van der Waals surface area (Å²) in [5.41, 5.74) is -1.40. The zero-order valence-corrected chi connectivity index (χ0v) is 33.2. The summed E-state index contributed by atoms with van der Waals surface area (Å²) >= 11 is 0.799. The molecule has 6 atom stereocenters. The summed E-state index contributed by atoms with van der Waals surface area (Å²) in [6.45, 7) is 6.25. The van der Waals surface area contributed by atoms with Crippen LogP contribution in [-0.2, 0) is 28.4 Å². The molecule has 1 aliphatic rings. The lowest BCUT2D eigenvalue weighted by Crippen LogP contribution is -2.61. The van der Waals surface area contributed by atoms with Crippen LogP contribution in [0.1, 0.15) is 81.1 Å². The molecule has 1 aliphatic heterocycles. The molecule has 4 aromatic carbocycles. The van der Waals surface area contributed by atoms with Crippen molar-refractivity contribution in [2.24, 2.45) is 0 Å². The van der Waals surface area contributed by atoms with E-state index in [2.05, 4.69) is 15.5 Å². The number of benzene rings is 4. The second kappa shape index (κ2) is 19.3. The first-order valence-corrected chi connectivity index (χ1v) is 19.4. The summed E-state index contributed by atoms with van der Waals surface area (Å²) in [5, 5.41) is 10.7. The van der Waals surface area contributed by atoms with Crippen molar-refractivity contribution in [1.82, 2.24) is 15.5 Å². The van der Waals surface area contributed by atoms with E-state index < -0.39 is 78.1 Å². The van der Waals surface area contributed by atoms with Crippen molar-refractivity contribution in [2.45, 2.75) is 74.4 Å². The second-order valence-corrected chi connectivity index (χ2v) is 15.2. The Morgan fingerprint density at radius 2 is 1.08 bits per heavy atom. The van der Waals surface area contributed by atoms with Crippen LogP contribution >= 0.6 is 11.8 Å². The van der Waals surface area contributed by atoms with Crippen molar-refractivity contribution >= 4 is 41.7 Å². The van der Waals surface area contributed by atoms with Crippen LogP contribution in [0.2, 0.25) is 0 Å². The molecule has 0 aliphatic carbocycles. The van der Waals surface area contributed by atoms with E-state index in [0.29, 0.717) is 0 Å². The summed E-state index contributed by atoms with van der Waals surface area (Å²) < 4.78 is 41.8. The first-order valence-electron chi connectivity index (χ1n) is 18.5. The summed E-state index contributed by atoms with van der Waals surface area (Å²) in [6, 6.07) is 31.5. The number of aromatic nitrogens is 2. The lowest BCUT2D eigenvalue weighted by molar-refractivity contribution is -0.207. The van der Waals surface area contributed by atoms with Crippen LogP contribution in [-0.4, -0.2) is 82.2 Å². The van der Waals surface area contributed by atoms with E-state index >= 15 is 0 Å². The molecule has 306 valence electrons. The minimum absolute atomic E-state index is 0.00191. The van der Waals surface area contributed by atoms with Crippen molar-refractivity contribution in [3.05, 3.63) is 149 Å². The van der Waals surface area contributed by atoms with E-state index in [1.54, 1.807) is 113 Å². The fraction of sp³-hybridized carbons (Fsp3) is 0.279. The van der Waals surface area contributed by atoms with Gasteiger partial charge < -0.3 is 38.2 Å². The molecule has 1 fully saturated rings. The maximum absolute atomic E-state index is 13.9. The van der Waals surface area contributed by atoms with Crippen LogP contribution in [0.5, 0.6) is 0 Å². The van der Waals surface area contributed by atoms with Crippen molar-refractivity contribution < 1.29 is 56.8 Å². The zero-order valence-electron chi connectivity index (χ0n) is 32.4. The third-order valence-electron chi connectivity index (χ3n) is 8.48. The fourth-order valence-electron chi connectivity index (χ4n) is 5.71. The number of amides is 1. The molecule has 15 nitrogen and oxygen atoms in total. The molecule has 0 radical (unpaired) electrons. The Morgan fingerprint density at radius 3 is 1.56 bits per heavy atom. The Bertz CT molecular complexity index is 2200. The van der Waals surface area contributed by atoms with Gasteiger partial charge >= 0.3 is 30.0 Å². The van der Waals surface area contributed by atoms with Gasteiger partial charge in [0.1, 0.15) is 24.4 Å². The normalized spacial score (nSPS) is 19.4. The lowest BCUT2D eigenvalue weighted by Gasteiger charge is -2.44.